The van der Waals surface area contributed by atoms with Crippen LogP contribution in [0.15, 0.2) is 28.7 Å². The van der Waals surface area contributed by atoms with E-state index < -0.39 is 6.09 Å². The van der Waals surface area contributed by atoms with Crippen LogP contribution in [0.4, 0.5) is 10.5 Å². The summed E-state index contributed by atoms with van der Waals surface area (Å²) in [6.07, 6.45) is -0.722. The molecule has 4 nitrogen and oxygen atoms in total. The number of ether oxygens (including phenoxy) is 1. The molecule has 16 heavy (non-hydrogen) atoms. The van der Waals surface area contributed by atoms with Crippen LogP contribution in [0.5, 0.6) is 0 Å². The van der Waals surface area contributed by atoms with E-state index in [1.807, 2.05) is 0 Å². The standard InChI is InChI=1S/C11H10BrNO3/c1-7-6-10(14)13(11(15)16-7)9-4-2-8(12)3-5-9/h2-5,7H,6H2,1H3. The van der Waals surface area contributed by atoms with Gasteiger partial charge in [0.25, 0.3) is 0 Å². The van der Waals surface area contributed by atoms with Crippen LogP contribution in [0.25, 0.3) is 0 Å². The molecule has 1 aromatic rings. The summed E-state index contributed by atoms with van der Waals surface area (Å²) >= 11 is 3.29. The van der Waals surface area contributed by atoms with Gasteiger partial charge in [-0.1, -0.05) is 15.9 Å². The summed E-state index contributed by atoms with van der Waals surface area (Å²) in [6.45, 7) is 1.70. The Hall–Kier alpha value is -1.36. The van der Waals surface area contributed by atoms with Gasteiger partial charge in [-0.25, -0.2) is 9.69 Å². The van der Waals surface area contributed by atoms with Gasteiger partial charge in [0.05, 0.1) is 12.1 Å². The fraction of sp³-hybridized carbons (Fsp3) is 0.273. The summed E-state index contributed by atoms with van der Waals surface area (Å²) in [4.78, 5) is 24.3. The van der Waals surface area contributed by atoms with Crippen molar-refractivity contribution in [3.8, 4) is 0 Å². The molecular weight excluding hydrogens is 274 g/mol. The Balaban J connectivity index is 2.29. The maximum atomic E-state index is 11.7. The number of hydrogen-bond donors (Lipinski definition) is 0. The highest BCUT2D eigenvalue weighted by molar-refractivity contribution is 9.10. The number of nitrogens with zero attached hydrogens (tertiary/aromatic N) is 1. The summed E-state index contributed by atoms with van der Waals surface area (Å²) in [6, 6.07) is 6.93. The van der Waals surface area contributed by atoms with Gasteiger partial charge in [0.1, 0.15) is 6.10 Å². The maximum Gasteiger partial charge on any atom is 0.421 e. The maximum absolute atomic E-state index is 11.7. The molecule has 1 aliphatic rings. The van der Waals surface area contributed by atoms with Crippen molar-refractivity contribution < 1.29 is 14.3 Å². The zero-order valence-corrected chi connectivity index (χ0v) is 10.2. The van der Waals surface area contributed by atoms with E-state index in [0.29, 0.717) is 5.69 Å². The second-order valence-corrected chi connectivity index (χ2v) is 4.52. The highest BCUT2D eigenvalue weighted by Crippen LogP contribution is 2.23. The number of carbonyl (C=O) groups excluding carboxylic acids is 2. The molecule has 2 amide bonds. The first-order valence-corrected chi connectivity index (χ1v) is 5.66. The van der Waals surface area contributed by atoms with Crippen molar-refractivity contribution in [2.45, 2.75) is 19.4 Å². The third-order valence-electron chi connectivity index (χ3n) is 2.28. The second kappa shape index (κ2) is 4.25. The van der Waals surface area contributed by atoms with Crippen LogP contribution >= 0.6 is 15.9 Å². The molecule has 1 saturated heterocycles. The van der Waals surface area contributed by atoms with Gasteiger partial charge in [-0.3, -0.25) is 4.79 Å². The zero-order chi connectivity index (χ0) is 11.7. The molecular formula is C11H10BrNO3. The minimum atomic E-state index is -0.605. The normalized spacial score (nSPS) is 20.9. The highest BCUT2D eigenvalue weighted by Gasteiger charge is 2.32. The van der Waals surface area contributed by atoms with Crippen molar-refractivity contribution >= 4 is 33.6 Å². The van der Waals surface area contributed by atoms with Crippen LogP contribution < -0.4 is 4.90 Å². The fourth-order valence-corrected chi connectivity index (χ4v) is 1.81. The second-order valence-electron chi connectivity index (χ2n) is 3.60. The molecule has 0 aliphatic carbocycles. The summed E-state index contributed by atoms with van der Waals surface area (Å²) in [7, 11) is 0. The lowest BCUT2D eigenvalue weighted by Gasteiger charge is -2.28. The first kappa shape index (κ1) is 11.1. The fourth-order valence-electron chi connectivity index (χ4n) is 1.55. The quantitative estimate of drug-likeness (QED) is 0.796. The van der Waals surface area contributed by atoms with Crippen LogP contribution in [0.2, 0.25) is 0 Å². The summed E-state index contributed by atoms with van der Waals surface area (Å²) in [5, 5.41) is 0. The Kier molecular flexibility index (Phi) is 2.96. The number of anilines is 1. The van der Waals surface area contributed by atoms with Gasteiger partial charge in [0.15, 0.2) is 0 Å². The van der Waals surface area contributed by atoms with E-state index in [1.54, 1.807) is 31.2 Å². The first-order valence-electron chi connectivity index (χ1n) is 4.87. The van der Waals surface area contributed by atoms with Gasteiger partial charge >= 0.3 is 6.09 Å². The number of carbonyl (C=O) groups is 2. The average Bonchev–Trinajstić information content (AvgIpc) is 2.19. The van der Waals surface area contributed by atoms with E-state index >= 15 is 0 Å². The summed E-state index contributed by atoms with van der Waals surface area (Å²) in [5.74, 6) is -0.230. The minimum absolute atomic E-state index is 0.224. The minimum Gasteiger partial charge on any atom is -0.445 e. The van der Waals surface area contributed by atoms with E-state index in [0.717, 1.165) is 9.37 Å². The largest absolute Gasteiger partial charge is 0.445 e. The van der Waals surface area contributed by atoms with Crippen LogP contribution in [0, 0.1) is 0 Å². The molecule has 2 rings (SSSR count). The van der Waals surface area contributed by atoms with E-state index in [-0.39, 0.29) is 18.4 Å². The molecule has 1 atom stereocenters. The van der Waals surface area contributed by atoms with Crippen molar-refractivity contribution in [3.05, 3.63) is 28.7 Å². The topological polar surface area (TPSA) is 46.6 Å². The number of benzene rings is 1. The molecule has 0 radical (unpaired) electrons. The molecule has 0 N–H and O–H groups in total. The molecule has 0 spiro atoms. The van der Waals surface area contributed by atoms with Gasteiger partial charge in [-0.15, -0.1) is 0 Å². The molecule has 84 valence electrons. The Bertz CT molecular complexity index is 411. The van der Waals surface area contributed by atoms with E-state index in [9.17, 15) is 9.59 Å². The van der Waals surface area contributed by atoms with Crippen molar-refractivity contribution in [2.75, 3.05) is 4.90 Å². The lowest BCUT2D eigenvalue weighted by Crippen LogP contribution is -2.45. The lowest BCUT2D eigenvalue weighted by molar-refractivity contribution is -0.122. The monoisotopic (exact) mass is 283 g/mol. The van der Waals surface area contributed by atoms with E-state index in [4.69, 9.17) is 4.74 Å². The number of rotatable bonds is 1. The number of hydrogen-bond acceptors (Lipinski definition) is 3. The van der Waals surface area contributed by atoms with Crippen molar-refractivity contribution in [1.29, 1.82) is 0 Å². The van der Waals surface area contributed by atoms with E-state index in [1.165, 1.54) is 0 Å². The van der Waals surface area contributed by atoms with Crippen molar-refractivity contribution in [1.82, 2.24) is 0 Å². The Morgan fingerprint density at radius 3 is 2.50 bits per heavy atom. The van der Waals surface area contributed by atoms with Crippen molar-refractivity contribution in [3.63, 3.8) is 0 Å². The first-order chi connectivity index (χ1) is 7.58. The van der Waals surface area contributed by atoms with Gasteiger partial charge in [-0.05, 0) is 31.2 Å². The van der Waals surface area contributed by atoms with Gasteiger partial charge in [-0.2, -0.15) is 0 Å². The smallest absolute Gasteiger partial charge is 0.421 e. The molecule has 1 aliphatic heterocycles. The molecule has 1 aromatic carbocycles. The van der Waals surface area contributed by atoms with Crippen LogP contribution in [0.1, 0.15) is 13.3 Å². The lowest BCUT2D eigenvalue weighted by atomic mass is 10.2. The van der Waals surface area contributed by atoms with Crippen LogP contribution in [0.3, 0.4) is 0 Å². The SMILES string of the molecule is CC1CC(=O)N(c2ccc(Br)cc2)C(=O)O1. The van der Waals surface area contributed by atoms with Gasteiger partial charge < -0.3 is 4.74 Å². The van der Waals surface area contributed by atoms with Crippen LogP contribution in [-0.2, 0) is 9.53 Å². The third-order valence-corrected chi connectivity index (χ3v) is 2.81. The number of cyclic esters (lactones) is 1. The number of imide groups is 1. The molecule has 0 aromatic heterocycles. The van der Waals surface area contributed by atoms with Gasteiger partial charge in [0, 0.05) is 4.47 Å². The summed E-state index contributed by atoms with van der Waals surface area (Å²) in [5.41, 5.74) is 0.533. The third kappa shape index (κ3) is 2.09. The van der Waals surface area contributed by atoms with Gasteiger partial charge in [0.2, 0.25) is 5.91 Å². The Labute approximate surface area is 101 Å². The molecule has 1 fully saturated rings. The molecule has 1 unspecified atom stereocenters. The molecule has 0 saturated carbocycles. The number of amides is 2. The zero-order valence-electron chi connectivity index (χ0n) is 8.64. The predicted molar refractivity (Wildman–Crippen MR) is 62.2 cm³/mol. The highest BCUT2D eigenvalue weighted by atomic mass is 79.9. The Morgan fingerprint density at radius 1 is 1.31 bits per heavy atom. The molecule has 5 heteroatoms. The van der Waals surface area contributed by atoms with Crippen LogP contribution in [-0.4, -0.2) is 18.1 Å². The molecule has 1 heterocycles. The number of halogens is 1. The Morgan fingerprint density at radius 2 is 1.94 bits per heavy atom. The molecule has 0 bridgehead atoms. The van der Waals surface area contributed by atoms with Crippen molar-refractivity contribution in [2.24, 2.45) is 0 Å². The van der Waals surface area contributed by atoms with E-state index in [2.05, 4.69) is 15.9 Å². The average molecular weight is 284 g/mol. The summed E-state index contributed by atoms with van der Waals surface area (Å²) < 4.78 is 5.90. The predicted octanol–water partition coefficient (Wildman–Crippen LogP) is 2.71.